The Morgan fingerprint density at radius 2 is 2.00 bits per heavy atom. The fraction of sp³-hybridized carbons (Fsp3) is 0.611. The first-order chi connectivity index (χ1) is 10.1. The van der Waals surface area contributed by atoms with Crippen molar-refractivity contribution in [3.8, 4) is 0 Å². The van der Waals surface area contributed by atoms with Crippen molar-refractivity contribution < 1.29 is 4.79 Å². The fourth-order valence-corrected chi connectivity index (χ4v) is 3.76. The van der Waals surface area contributed by atoms with Crippen LogP contribution < -0.4 is 5.32 Å². The molecule has 3 nitrogen and oxygen atoms in total. The highest BCUT2D eigenvalue weighted by Gasteiger charge is 2.46. The summed E-state index contributed by atoms with van der Waals surface area (Å²) in [5.41, 5.74) is 2.52. The summed E-state index contributed by atoms with van der Waals surface area (Å²) in [6.45, 7) is 6.55. The highest BCUT2D eigenvalue weighted by Crippen LogP contribution is 2.39. The van der Waals surface area contributed by atoms with Crippen molar-refractivity contribution in [2.24, 2.45) is 5.92 Å². The van der Waals surface area contributed by atoms with Gasteiger partial charge in [-0.2, -0.15) is 0 Å². The van der Waals surface area contributed by atoms with Crippen LogP contribution in [0.5, 0.6) is 0 Å². The first-order valence-corrected chi connectivity index (χ1v) is 8.25. The lowest BCUT2D eigenvalue weighted by atomic mass is 9.80. The van der Waals surface area contributed by atoms with Gasteiger partial charge in [0.15, 0.2) is 0 Å². The van der Waals surface area contributed by atoms with Crippen molar-refractivity contribution in [3.63, 3.8) is 0 Å². The van der Waals surface area contributed by atoms with Crippen LogP contribution in [0.25, 0.3) is 0 Å². The molecular formula is C18H26N2O. The maximum atomic E-state index is 12.8. The van der Waals surface area contributed by atoms with Crippen LogP contribution in [0.2, 0.25) is 0 Å². The Kier molecular flexibility index (Phi) is 4.03. The molecular weight excluding hydrogens is 260 g/mol. The number of hydrogen-bond acceptors (Lipinski definition) is 2. The van der Waals surface area contributed by atoms with E-state index in [0.29, 0.717) is 11.9 Å². The van der Waals surface area contributed by atoms with Gasteiger partial charge in [0.1, 0.15) is 6.17 Å². The van der Waals surface area contributed by atoms with Gasteiger partial charge in [-0.1, -0.05) is 44.5 Å². The van der Waals surface area contributed by atoms with Gasteiger partial charge >= 0.3 is 0 Å². The summed E-state index contributed by atoms with van der Waals surface area (Å²) in [5.74, 6) is 1.06. The van der Waals surface area contributed by atoms with Gasteiger partial charge < -0.3 is 4.90 Å². The van der Waals surface area contributed by atoms with Crippen molar-refractivity contribution in [1.29, 1.82) is 0 Å². The Morgan fingerprint density at radius 3 is 2.62 bits per heavy atom. The lowest BCUT2D eigenvalue weighted by Gasteiger charge is -2.42. The van der Waals surface area contributed by atoms with Crippen molar-refractivity contribution in [1.82, 2.24) is 10.2 Å². The Labute approximate surface area is 127 Å². The first kappa shape index (κ1) is 14.6. The van der Waals surface area contributed by atoms with Crippen LogP contribution in [0.1, 0.15) is 56.8 Å². The fourth-order valence-electron chi connectivity index (χ4n) is 3.76. The van der Waals surface area contributed by atoms with Crippen LogP contribution in [-0.4, -0.2) is 22.9 Å². The molecule has 0 bridgehead atoms. The number of nitrogens with one attached hydrogen (secondary N) is 1. The van der Waals surface area contributed by atoms with Crippen LogP contribution in [0, 0.1) is 12.8 Å². The van der Waals surface area contributed by atoms with Gasteiger partial charge in [0.25, 0.3) is 0 Å². The molecule has 1 saturated carbocycles. The second-order valence-corrected chi connectivity index (χ2v) is 6.74. The third kappa shape index (κ3) is 2.59. The van der Waals surface area contributed by atoms with Gasteiger partial charge in [-0.25, -0.2) is 0 Å². The highest BCUT2D eigenvalue weighted by molar-refractivity contribution is 5.85. The second kappa shape index (κ2) is 5.80. The van der Waals surface area contributed by atoms with Gasteiger partial charge in [-0.3, -0.25) is 10.1 Å². The van der Waals surface area contributed by atoms with Gasteiger partial charge in [-0.05, 0) is 43.2 Å². The number of carbonyl (C=O) groups is 1. The van der Waals surface area contributed by atoms with E-state index < -0.39 is 0 Å². The Hall–Kier alpha value is -1.35. The average Bonchev–Trinajstić information content (AvgIpc) is 2.74. The van der Waals surface area contributed by atoms with Gasteiger partial charge in [0.2, 0.25) is 5.91 Å². The summed E-state index contributed by atoms with van der Waals surface area (Å²) < 4.78 is 0. The second-order valence-electron chi connectivity index (χ2n) is 6.74. The zero-order chi connectivity index (χ0) is 15.0. The number of hydrogen-bond donors (Lipinski definition) is 1. The zero-order valence-corrected chi connectivity index (χ0v) is 13.3. The Balaban J connectivity index is 1.89. The molecule has 2 atom stereocenters. The Bertz CT molecular complexity index is 522. The lowest BCUT2D eigenvalue weighted by molar-refractivity contribution is -0.135. The molecule has 0 aromatic heterocycles. The van der Waals surface area contributed by atoms with Gasteiger partial charge in [0, 0.05) is 6.04 Å². The maximum absolute atomic E-state index is 12.8. The number of carbonyl (C=O) groups excluding carboxylic acids is 1. The Morgan fingerprint density at radius 1 is 1.29 bits per heavy atom. The number of aryl methyl sites for hydroxylation is 1. The summed E-state index contributed by atoms with van der Waals surface area (Å²) >= 11 is 0. The lowest BCUT2D eigenvalue weighted by Crippen LogP contribution is -2.47. The standard InChI is InChI=1S/C18H26N2O/c1-4-7-16-18(21)20(14-10-12(2)11-14)17(19-16)15-9-6-5-8-13(15)3/h5-6,8-9,12,14,16-17,19H,4,7,10-11H2,1-3H3. The molecule has 1 N–H and O–H groups in total. The summed E-state index contributed by atoms with van der Waals surface area (Å²) in [4.78, 5) is 14.9. The average molecular weight is 286 g/mol. The molecule has 1 aliphatic heterocycles. The first-order valence-electron chi connectivity index (χ1n) is 8.25. The summed E-state index contributed by atoms with van der Waals surface area (Å²) in [6, 6.07) is 8.85. The predicted octanol–water partition coefficient (Wildman–Crippen LogP) is 3.39. The van der Waals surface area contributed by atoms with Crippen molar-refractivity contribution in [3.05, 3.63) is 35.4 Å². The van der Waals surface area contributed by atoms with Crippen LogP contribution in [-0.2, 0) is 4.79 Å². The third-order valence-corrected chi connectivity index (χ3v) is 4.99. The molecule has 21 heavy (non-hydrogen) atoms. The van der Waals surface area contributed by atoms with Crippen LogP contribution in [0.15, 0.2) is 24.3 Å². The summed E-state index contributed by atoms with van der Waals surface area (Å²) in [7, 11) is 0. The minimum atomic E-state index is -0.00416. The molecule has 2 fully saturated rings. The molecule has 2 aliphatic rings. The van der Waals surface area contributed by atoms with E-state index in [0.717, 1.165) is 31.6 Å². The van der Waals surface area contributed by atoms with Crippen LogP contribution >= 0.6 is 0 Å². The van der Waals surface area contributed by atoms with Gasteiger partial charge in [-0.15, -0.1) is 0 Å². The van der Waals surface area contributed by atoms with Crippen LogP contribution in [0.4, 0.5) is 0 Å². The zero-order valence-electron chi connectivity index (χ0n) is 13.3. The molecule has 1 saturated heterocycles. The molecule has 1 aliphatic carbocycles. The topological polar surface area (TPSA) is 32.3 Å². The number of amides is 1. The molecule has 2 unspecified atom stereocenters. The van der Waals surface area contributed by atoms with E-state index in [1.54, 1.807) is 0 Å². The molecule has 3 heteroatoms. The number of benzene rings is 1. The normalized spacial score (nSPS) is 32.3. The molecule has 1 amide bonds. The van der Waals surface area contributed by atoms with Gasteiger partial charge in [0.05, 0.1) is 6.04 Å². The number of rotatable bonds is 4. The van der Waals surface area contributed by atoms with Crippen molar-refractivity contribution >= 4 is 5.91 Å². The van der Waals surface area contributed by atoms with E-state index in [1.165, 1.54) is 11.1 Å². The number of nitrogens with zero attached hydrogens (tertiary/aromatic N) is 1. The van der Waals surface area contributed by atoms with E-state index in [4.69, 9.17) is 0 Å². The molecule has 114 valence electrons. The quantitative estimate of drug-likeness (QED) is 0.920. The monoisotopic (exact) mass is 286 g/mol. The predicted molar refractivity (Wildman–Crippen MR) is 84.8 cm³/mol. The maximum Gasteiger partial charge on any atom is 0.241 e. The molecule has 3 rings (SSSR count). The minimum absolute atomic E-state index is 0.00416. The van der Waals surface area contributed by atoms with E-state index in [2.05, 4.69) is 55.3 Å². The SMILES string of the molecule is CCCC1NC(c2ccccc2C)N(C2CC(C)C2)C1=O. The van der Waals surface area contributed by atoms with Crippen molar-refractivity contribution in [2.75, 3.05) is 0 Å². The minimum Gasteiger partial charge on any atom is -0.319 e. The summed E-state index contributed by atoms with van der Waals surface area (Å²) in [6.07, 6.45) is 4.33. The third-order valence-electron chi connectivity index (χ3n) is 4.99. The molecule has 0 spiro atoms. The van der Waals surface area contributed by atoms with E-state index in [-0.39, 0.29) is 12.2 Å². The molecule has 1 aromatic carbocycles. The highest BCUT2D eigenvalue weighted by atomic mass is 16.2. The molecule has 0 radical (unpaired) electrons. The van der Waals surface area contributed by atoms with Crippen LogP contribution in [0.3, 0.4) is 0 Å². The summed E-state index contributed by atoms with van der Waals surface area (Å²) in [5, 5.41) is 3.59. The van der Waals surface area contributed by atoms with Crippen molar-refractivity contribution in [2.45, 2.75) is 64.7 Å². The molecule has 1 aromatic rings. The van der Waals surface area contributed by atoms with E-state index in [9.17, 15) is 4.79 Å². The van der Waals surface area contributed by atoms with E-state index >= 15 is 0 Å². The smallest absolute Gasteiger partial charge is 0.241 e. The largest absolute Gasteiger partial charge is 0.319 e. The molecule has 1 heterocycles. The van der Waals surface area contributed by atoms with E-state index in [1.807, 2.05) is 0 Å².